The minimum atomic E-state index is -0.703. The van der Waals surface area contributed by atoms with Crippen LogP contribution in [0.4, 0.5) is 0 Å². The van der Waals surface area contributed by atoms with Crippen LogP contribution >= 0.6 is 23.2 Å². The molecule has 1 aromatic rings. The van der Waals surface area contributed by atoms with Crippen LogP contribution in [0.2, 0.25) is 10.0 Å². The zero-order chi connectivity index (χ0) is 16.4. The maximum atomic E-state index is 12.0. The number of ether oxygens (including phenoxy) is 1. The lowest BCUT2D eigenvalue weighted by Gasteiger charge is -2.15. The number of hydrazone groups is 1. The minimum Gasteiger partial charge on any atom is -0.479 e. The fraction of sp³-hybridized carbons (Fsp3) is 0.412. The third kappa shape index (κ3) is 3.88. The maximum absolute atomic E-state index is 12.0. The number of allylic oxidation sites excluding steroid dienone is 2. The van der Waals surface area contributed by atoms with E-state index in [0.29, 0.717) is 33.5 Å². The Morgan fingerprint density at radius 2 is 2.22 bits per heavy atom. The third-order valence-electron chi connectivity index (χ3n) is 4.34. The number of nitrogens with one attached hydrogen (secondary N) is 1. The van der Waals surface area contributed by atoms with Crippen LogP contribution in [-0.2, 0) is 4.79 Å². The van der Waals surface area contributed by atoms with Gasteiger partial charge in [0.2, 0.25) is 0 Å². The highest BCUT2D eigenvalue weighted by Gasteiger charge is 2.34. The zero-order valence-corrected chi connectivity index (χ0v) is 14.2. The molecule has 0 spiro atoms. The Kier molecular flexibility index (Phi) is 4.93. The largest absolute Gasteiger partial charge is 0.479 e. The number of benzene rings is 1. The van der Waals surface area contributed by atoms with Crippen molar-refractivity contribution < 1.29 is 9.53 Å². The molecule has 2 aliphatic carbocycles. The van der Waals surface area contributed by atoms with E-state index in [4.69, 9.17) is 27.9 Å². The number of hydrogen-bond donors (Lipinski definition) is 1. The number of carbonyl (C=O) groups is 1. The standard InChI is InChI=1S/C17H18Cl2N2O2/c1-10(23-16-5-4-14(18)8-15(16)19)17(22)21-20-9-13-7-11-2-3-12(13)6-11/h2-5,8-13H,6-7H2,1H3,(H,21,22). The molecule has 3 rings (SSSR count). The molecule has 2 bridgehead atoms. The lowest BCUT2D eigenvalue weighted by molar-refractivity contribution is -0.127. The van der Waals surface area contributed by atoms with Crippen molar-refractivity contribution in [2.45, 2.75) is 25.9 Å². The summed E-state index contributed by atoms with van der Waals surface area (Å²) in [7, 11) is 0. The molecule has 2 aliphatic rings. The van der Waals surface area contributed by atoms with Crippen LogP contribution < -0.4 is 10.2 Å². The SMILES string of the molecule is CC(Oc1ccc(Cl)cc1Cl)C(=O)NN=CC1CC2C=CC1C2. The molecule has 0 heterocycles. The monoisotopic (exact) mass is 352 g/mol. The van der Waals surface area contributed by atoms with Gasteiger partial charge in [0, 0.05) is 17.2 Å². The maximum Gasteiger partial charge on any atom is 0.280 e. The summed E-state index contributed by atoms with van der Waals surface area (Å²) < 4.78 is 5.55. The predicted octanol–water partition coefficient (Wildman–Crippen LogP) is 4.07. The van der Waals surface area contributed by atoms with Gasteiger partial charge in [0.15, 0.2) is 6.10 Å². The van der Waals surface area contributed by atoms with Gasteiger partial charge in [-0.2, -0.15) is 5.10 Å². The smallest absolute Gasteiger partial charge is 0.280 e. The Hall–Kier alpha value is -1.52. The topological polar surface area (TPSA) is 50.7 Å². The summed E-state index contributed by atoms with van der Waals surface area (Å²) in [6, 6.07) is 4.87. The number of rotatable bonds is 5. The lowest BCUT2D eigenvalue weighted by Crippen LogP contribution is -2.33. The summed E-state index contributed by atoms with van der Waals surface area (Å²) in [5.74, 6) is 1.78. The molecule has 0 aliphatic heterocycles. The predicted molar refractivity (Wildman–Crippen MR) is 92.0 cm³/mol. The van der Waals surface area contributed by atoms with Gasteiger partial charge in [-0.1, -0.05) is 35.4 Å². The first-order chi connectivity index (χ1) is 11.0. The van der Waals surface area contributed by atoms with E-state index in [0.717, 1.165) is 6.42 Å². The molecule has 1 saturated carbocycles. The van der Waals surface area contributed by atoms with Crippen molar-refractivity contribution in [3.8, 4) is 5.75 Å². The lowest BCUT2D eigenvalue weighted by atomic mass is 9.95. The molecule has 4 unspecified atom stereocenters. The van der Waals surface area contributed by atoms with Gasteiger partial charge in [0.1, 0.15) is 5.75 Å². The van der Waals surface area contributed by atoms with Crippen molar-refractivity contribution >= 4 is 35.3 Å². The van der Waals surface area contributed by atoms with Gasteiger partial charge in [0.05, 0.1) is 5.02 Å². The van der Waals surface area contributed by atoms with Gasteiger partial charge in [-0.15, -0.1) is 0 Å². The molecular weight excluding hydrogens is 335 g/mol. The Bertz CT molecular complexity index is 660. The number of hydrogen-bond acceptors (Lipinski definition) is 3. The van der Waals surface area contributed by atoms with Crippen LogP contribution in [0, 0.1) is 17.8 Å². The van der Waals surface area contributed by atoms with Crippen LogP contribution in [0.5, 0.6) is 5.75 Å². The highest BCUT2D eigenvalue weighted by molar-refractivity contribution is 6.35. The number of halogens is 2. The number of carbonyl (C=O) groups excluding carboxylic acids is 1. The first kappa shape index (κ1) is 16.3. The van der Waals surface area contributed by atoms with Gasteiger partial charge in [-0.3, -0.25) is 4.79 Å². The van der Waals surface area contributed by atoms with Gasteiger partial charge >= 0.3 is 0 Å². The molecule has 1 N–H and O–H groups in total. The second-order valence-corrected chi connectivity index (χ2v) is 6.88. The molecule has 1 fully saturated rings. The van der Waals surface area contributed by atoms with Crippen LogP contribution in [0.1, 0.15) is 19.8 Å². The zero-order valence-electron chi connectivity index (χ0n) is 12.7. The third-order valence-corrected chi connectivity index (χ3v) is 4.87. The van der Waals surface area contributed by atoms with E-state index in [9.17, 15) is 4.79 Å². The number of amides is 1. The van der Waals surface area contributed by atoms with E-state index in [1.807, 2.05) is 6.21 Å². The average molecular weight is 353 g/mol. The van der Waals surface area contributed by atoms with Crippen molar-refractivity contribution in [1.29, 1.82) is 0 Å². The Morgan fingerprint density at radius 1 is 1.39 bits per heavy atom. The van der Waals surface area contributed by atoms with E-state index < -0.39 is 6.10 Å². The molecule has 6 heteroatoms. The van der Waals surface area contributed by atoms with E-state index in [1.54, 1.807) is 25.1 Å². The van der Waals surface area contributed by atoms with Crippen LogP contribution in [0.3, 0.4) is 0 Å². The molecule has 0 radical (unpaired) electrons. The second-order valence-electron chi connectivity index (χ2n) is 6.03. The molecule has 122 valence electrons. The first-order valence-electron chi connectivity index (χ1n) is 7.66. The summed E-state index contributed by atoms with van der Waals surface area (Å²) in [5, 5.41) is 4.97. The summed E-state index contributed by atoms with van der Waals surface area (Å²) in [6.45, 7) is 1.65. The molecule has 0 aromatic heterocycles. The fourth-order valence-electron chi connectivity index (χ4n) is 3.10. The second kappa shape index (κ2) is 6.93. The summed E-state index contributed by atoms with van der Waals surface area (Å²) in [6.07, 6.45) is 7.99. The molecule has 1 amide bonds. The van der Waals surface area contributed by atoms with Gasteiger partial charge in [0.25, 0.3) is 5.91 Å². The Labute approximate surface area is 145 Å². The van der Waals surface area contributed by atoms with E-state index in [-0.39, 0.29) is 5.91 Å². The summed E-state index contributed by atoms with van der Waals surface area (Å²) in [5.41, 5.74) is 2.53. The van der Waals surface area contributed by atoms with Gasteiger partial charge in [-0.25, -0.2) is 5.43 Å². The number of nitrogens with zero attached hydrogens (tertiary/aromatic N) is 1. The quantitative estimate of drug-likeness (QED) is 0.493. The Balaban J connectivity index is 1.50. The average Bonchev–Trinajstić information content (AvgIpc) is 3.12. The van der Waals surface area contributed by atoms with Crippen molar-refractivity contribution in [1.82, 2.24) is 5.43 Å². The molecule has 4 nitrogen and oxygen atoms in total. The molecule has 4 atom stereocenters. The van der Waals surface area contributed by atoms with Crippen LogP contribution in [-0.4, -0.2) is 18.2 Å². The molecule has 1 aromatic carbocycles. The van der Waals surface area contributed by atoms with E-state index in [2.05, 4.69) is 22.7 Å². The van der Waals surface area contributed by atoms with Crippen molar-refractivity contribution in [2.24, 2.45) is 22.9 Å². The summed E-state index contributed by atoms with van der Waals surface area (Å²) >= 11 is 11.9. The highest BCUT2D eigenvalue weighted by atomic mass is 35.5. The van der Waals surface area contributed by atoms with E-state index >= 15 is 0 Å². The van der Waals surface area contributed by atoms with Crippen molar-refractivity contribution in [3.63, 3.8) is 0 Å². The molecule has 0 saturated heterocycles. The fourth-order valence-corrected chi connectivity index (χ4v) is 3.55. The van der Waals surface area contributed by atoms with Gasteiger partial charge in [-0.05, 0) is 49.8 Å². The molecule has 23 heavy (non-hydrogen) atoms. The highest BCUT2D eigenvalue weighted by Crippen LogP contribution is 2.42. The minimum absolute atomic E-state index is 0.314. The van der Waals surface area contributed by atoms with Crippen molar-refractivity contribution in [2.75, 3.05) is 0 Å². The van der Waals surface area contributed by atoms with Crippen molar-refractivity contribution in [3.05, 3.63) is 40.4 Å². The molecular formula is C17H18Cl2N2O2. The Morgan fingerprint density at radius 3 is 2.87 bits per heavy atom. The van der Waals surface area contributed by atoms with Crippen LogP contribution in [0.25, 0.3) is 0 Å². The van der Waals surface area contributed by atoms with Crippen LogP contribution in [0.15, 0.2) is 35.5 Å². The summed E-state index contributed by atoms with van der Waals surface area (Å²) in [4.78, 5) is 12.0. The normalized spacial score (nSPS) is 26.7. The first-order valence-corrected chi connectivity index (χ1v) is 8.41. The van der Waals surface area contributed by atoms with Gasteiger partial charge < -0.3 is 4.74 Å². The van der Waals surface area contributed by atoms with E-state index in [1.165, 1.54) is 6.42 Å². The number of fused-ring (bicyclic) bond motifs is 2.